The third kappa shape index (κ3) is 3.84. The lowest BCUT2D eigenvalue weighted by atomic mass is 9.64. The fourth-order valence-electron chi connectivity index (χ4n) is 5.32. The number of ketones is 1. The van der Waals surface area contributed by atoms with Crippen molar-refractivity contribution in [2.24, 2.45) is 11.3 Å². The number of nitrogens with one attached hydrogen (secondary N) is 2. The van der Waals surface area contributed by atoms with Crippen molar-refractivity contribution < 1.29 is 28.7 Å². The zero-order valence-corrected chi connectivity index (χ0v) is 18.2. The Labute approximate surface area is 180 Å². The number of carbonyl (C=O) groups excluding carboxylic acids is 4. The summed E-state index contributed by atoms with van der Waals surface area (Å²) >= 11 is 0. The van der Waals surface area contributed by atoms with Crippen LogP contribution in [-0.2, 0) is 9.59 Å². The highest BCUT2D eigenvalue weighted by atomic mass is 16.7. The molecular weight excluding hydrogens is 402 g/mol. The van der Waals surface area contributed by atoms with Gasteiger partial charge in [-0.2, -0.15) is 0 Å². The van der Waals surface area contributed by atoms with Crippen LogP contribution in [-0.4, -0.2) is 47.4 Å². The van der Waals surface area contributed by atoms with Gasteiger partial charge in [-0.05, 0) is 43.6 Å². The van der Waals surface area contributed by atoms with Crippen molar-refractivity contribution in [1.82, 2.24) is 10.2 Å². The van der Waals surface area contributed by atoms with E-state index in [1.807, 2.05) is 0 Å². The van der Waals surface area contributed by atoms with Gasteiger partial charge in [0, 0.05) is 11.6 Å². The lowest BCUT2D eigenvalue weighted by Crippen LogP contribution is -2.54. The Kier molecular flexibility index (Phi) is 4.94. The monoisotopic (exact) mass is 429 g/mol. The number of carbonyl (C=O) groups is 4. The van der Waals surface area contributed by atoms with Gasteiger partial charge in [0.25, 0.3) is 5.91 Å². The highest BCUT2D eigenvalue weighted by molar-refractivity contribution is 6.11. The minimum absolute atomic E-state index is 0.0311. The molecule has 2 N–H and O–H groups in total. The molecule has 2 atom stereocenters. The topological polar surface area (TPSA) is 114 Å². The lowest BCUT2D eigenvalue weighted by molar-refractivity contribution is -0.136. The molecule has 4 rings (SSSR count). The molecule has 1 aromatic carbocycles. The van der Waals surface area contributed by atoms with Crippen molar-refractivity contribution in [2.75, 3.05) is 18.7 Å². The maximum absolute atomic E-state index is 13.2. The Hall–Kier alpha value is -3.10. The van der Waals surface area contributed by atoms with Crippen LogP contribution < -0.4 is 20.1 Å². The summed E-state index contributed by atoms with van der Waals surface area (Å²) in [7, 11) is 0. The third-order valence-corrected chi connectivity index (χ3v) is 6.09. The number of nitrogens with zero attached hydrogens (tertiary/aromatic N) is 1. The van der Waals surface area contributed by atoms with Gasteiger partial charge in [-0.3, -0.25) is 19.3 Å². The van der Waals surface area contributed by atoms with Gasteiger partial charge < -0.3 is 20.1 Å². The highest BCUT2D eigenvalue weighted by Gasteiger charge is 2.56. The van der Waals surface area contributed by atoms with Crippen LogP contribution in [0.3, 0.4) is 0 Å². The van der Waals surface area contributed by atoms with Crippen LogP contribution >= 0.6 is 0 Å². The number of Topliss-reactive ketones (excluding diaryl/α,β-unsaturated/α-hetero) is 1. The van der Waals surface area contributed by atoms with E-state index in [1.54, 1.807) is 0 Å². The van der Waals surface area contributed by atoms with Gasteiger partial charge in [0.2, 0.25) is 12.7 Å². The van der Waals surface area contributed by atoms with E-state index < -0.39 is 24.0 Å². The SMILES string of the molecule is CC(=O)c1cc2c(cc1NC(=O)CN1C(=O)NC3(CC(C)CC(C)(C)C3)C1=O)OCO2. The molecule has 166 valence electrons. The second-order valence-electron chi connectivity index (χ2n) is 9.61. The molecule has 2 heterocycles. The van der Waals surface area contributed by atoms with Crippen LogP contribution in [0.1, 0.15) is 57.3 Å². The number of hydrogen-bond donors (Lipinski definition) is 2. The summed E-state index contributed by atoms with van der Waals surface area (Å²) in [6.45, 7) is 7.21. The van der Waals surface area contributed by atoms with Crippen molar-refractivity contribution in [3.05, 3.63) is 17.7 Å². The van der Waals surface area contributed by atoms with Crippen LogP contribution in [0.5, 0.6) is 11.5 Å². The molecule has 2 unspecified atom stereocenters. The molecule has 31 heavy (non-hydrogen) atoms. The highest BCUT2D eigenvalue weighted by Crippen LogP contribution is 2.46. The molecule has 0 aromatic heterocycles. The van der Waals surface area contributed by atoms with E-state index in [2.05, 4.69) is 31.4 Å². The van der Waals surface area contributed by atoms with Crippen molar-refractivity contribution in [1.29, 1.82) is 0 Å². The number of anilines is 1. The lowest BCUT2D eigenvalue weighted by Gasteiger charge is -2.43. The molecule has 1 saturated heterocycles. The third-order valence-electron chi connectivity index (χ3n) is 6.09. The second kappa shape index (κ2) is 7.25. The van der Waals surface area contributed by atoms with E-state index in [1.165, 1.54) is 19.1 Å². The van der Waals surface area contributed by atoms with Crippen molar-refractivity contribution >= 4 is 29.3 Å². The van der Waals surface area contributed by atoms with Gasteiger partial charge in [-0.25, -0.2) is 4.79 Å². The fourth-order valence-corrected chi connectivity index (χ4v) is 5.32. The average Bonchev–Trinajstić information content (AvgIpc) is 3.17. The maximum Gasteiger partial charge on any atom is 0.325 e. The van der Waals surface area contributed by atoms with Gasteiger partial charge in [0.05, 0.1) is 5.69 Å². The summed E-state index contributed by atoms with van der Waals surface area (Å²) < 4.78 is 10.6. The van der Waals surface area contributed by atoms with Crippen LogP contribution in [0.2, 0.25) is 0 Å². The summed E-state index contributed by atoms with van der Waals surface area (Å²) in [4.78, 5) is 51.5. The van der Waals surface area contributed by atoms with Crippen LogP contribution in [0.25, 0.3) is 0 Å². The first-order chi connectivity index (χ1) is 14.5. The van der Waals surface area contributed by atoms with Gasteiger partial charge in [-0.15, -0.1) is 0 Å². The van der Waals surface area contributed by atoms with Crippen molar-refractivity contribution in [2.45, 2.75) is 52.5 Å². The molecule has 4 amide bonds. The van der Waals surface area contributed by atoms with Crippen LogP contribution in [0.4, 0.5) is 10.5 Å². The number of amides is 4. The normalized spacial score (nSPS) is 26.2. The van der Waals surface area contributed by atoms with E-state index >= 15 is 0 Å². The zero-order valence-electron chi connectivity index (χ0n) is 18.2. The molecule has 1 aromatic rings. The van der Waals surface area contributed by atoms with Crippen LogP contribution in [0.15, 0.2) is 12.1 Å². The first-order valence-electron chi connectivity index (χ1n) is 10.4. The summed E-state index contributed by atoms with van der Waals surface area (Å²) in [5.74, 6) is -0.106. The molecule has 1 saturated carbocycles. The Morgan fingerprint density at radius 2 is 1.87 bits per heavy atom. The van der Waals surface area contributed by atoms with E-state index in [0.717, 1.165) is 11.3 Å². The molecule has 2 aliphatic heterocycles. The number of fused-ring (bicyclic) bond motifs is 1. The molecule has 1 aliphatic carbocycles. The number of ether oxygens (including phenoxy) is 2. The Morgan fingerprint density at radius 3 is 2.52 bits per heavy atom. The minimum atomic E-state index is -0.970. The summed E-state index contributed by atoms with van der Waals surface area (Å²) in [6.07, 6.45) is 2.05. The van der Waals surface area contributed by atoms with E-state index in [-0.39, 0.29) is 41.1 Å². The van der Waals surface area contributed by atoms with E-state index in [0.29, 0.717) is 24.3 Å². The number of benzene rings is 1. The molecule has 0 radical (unpaired) electrons. The quantitative estimate of drug-likeness (QED) is 0.562. The van der Waals surface area contributed by atoms with Gasteiger partial charge in [-0.1, -0.05) is 20.8 Å². The number of imide groups is 1. The molecule has 2 fully saturated rings. The Balaban J connectivity index is 1.51. The summed E-state index contributed by atoms with van der Waals surface area (Å²) in [5, 5.41) is 5.49. The fraction of sp³-hybridized carbons (Fsp3) is 0.545. The van der Waals surface area contributed by atoms with Crippen LogP contribution in [0, 0.1) is 11.3 Å². The predicted octanol–water partition coefficient (Wildman–Crippen LogP) is 2.69. The molecule has 9 heteroatoms. The largest absolute Gasteiger partial charge is 0.454 e. The second-order valence-corrected chi connectivity index (χ2v) is 9.61. The summed E-state index contributed by atoms with van der Waals surface area (Å²) in [6, 6.07) is 2.45. The Bertz CT molecular complexity index is 988. The average molecular weight is 429 g/mol. The standard InChI is InChI=1S/C22H27N3O6/c1-12-7-21(3,4)10-22(8-12)19(28)25(20(29)24-22)9-18(27)23-15-6-17-16(30-11-31-17)5-14(15)13(2)26/h5-6,12H,7-11H2,1-4H3,(H,23,27)(H,24,29). The molecule has 0 bridgehead atoms. The smallest absolute Gasteiger partial charge is 0.325 e. The molecule has 1 spiro atoms. The van der Waals surface area contributed by atoms with E-state index in [9.17, 15) is 19.2 Å². The van der Waals surface area contributed by atoms with Gasteiger partial charge in [0.15, 0.2) is 17.3 Å². The molecular formula is C22H27N3O6. The van der Waals surface area contributed by atoms with E-state index in [4.69, 9.17) is 9.47 Å². The van der Waals surface area contributed by atoms with Gasteiger partial charge >= 0.3 is 6.03 Å². The number of hydrogen-bond acceptors (Lipinski definition) is 6. The zero-order chi connectivity index (χ0) is 22.6. The van der Waals surface area contributed by atoms with Crippen molar-refractivity contribution in [3.63, 3.8) is 0 Å². The first kappa shape index (κ1) is 21.1. The predicted molar refractivity (Wildman–Crippen MR) is 111 cm³/mol. The first-order valence-corrected chi connectivity index (χ1v) is 10.4. The maximum atomic E-state index is 13.2. The minimum Gasteiger partial charge on any atom is -0.454 e. The molecule has 3 aliphatic rings. The van der Waals surface area contributed by atoms with Gasteiger partial charge in [0.1, 0.15) is 12.1 Å². The number of rotatable bonds is 4. The molecule has 9 nitrogen and oxygen atoms in total. The van der Waals surface area contributed by atoms with Crippen molar-refractivity contribution in [3.8, 4) is 11.5 Å². The number of urea groups is 1. The Morgan fingerprint density at radius 1 is 1.19 bits per heavy atom. The summed E-state index contributed by atoms with van der Waals surface area (Å²) in [5.41, 5.74) is -0.561.